The molecule has 1 aliphatic heterocycles. The van der Waals surface area contributed by atoms with Crippen molar-refractivity contribution in [2.24, 2.45) is 0 Å². The molecule has 0 aliphatic carbocycles. The number of hydrogen-bond donors (Lipinski definition) is 2. The summed E-state index contributed by atoms with van der Waals surface area (Å²) in [6.07, 6.45) is 6.10. The molecule has 1 heterocycles. The van der Waals surface area contributed by atoms with E-state index in [1.165, 1.54) is 0 Å². The number of rotatable bonds is 7. The maximum atomic E-state index is 12.2. The first kappa shape index (κ1) is 16.3. The van der Waals surface area contributed by atoms with Crippen molar-refractivity contribution in [2.45, 2.75) is 36.6 Å². The third-order valence-electron chi connectivity index (χ3n) is 3.89. The summed E-state index contributed by atoms with van der Waals surface area (Å²) >= 11 is 1.67. The second-order valence-corrected chi connectivity index (χ2v) is 6.29. The van der Waals surface area contributed by atoms with Crippen LogP contribution >= 0.6 is 11.8 Å². The maximum Gasteiger partial charge on any atom is 0.238 e. The molecule has 0 radical (unpaired) electrons. The molecule has 1 amide bonds. The lowest BCUT2D eigenvalue weighted by Gasteiger charge is -2.23. The molecular weight excluding hydrogens is 284 g/mol. The third-order valence-corrected chi connectivity index (χ3v) is 4.62. The number of benzene rings is 1. The summed E-state index contributed by atoms with van der Waals surface area (Å²) in [6, 6.07) is 8.36. The molecule has 1 fully saturated rings. The summed E-state index contributed by atoms with van der Waals surface area (Å²) in [5, 5.41) is 11.9. The van der Waals surface area contributed by atoms with Crippen molar-refractivity contribution in [1.29, 1.82) is 0 Å². The number of aliphatic hydroxyl groups is 1. The van der Waals surface area contributed by atoms with Gasteiger partial charge < -0.3 is 10.4 Å². The van der Waals surface area contributed by atoms with Crippen LogP contribution in [0, 0.1) is 0 Å². The summed E-state index contributed by atoms with van der Waals surface area (Å²) in [4.78, 5) is 15.6. The van der Waals surface area contributed by atoms with E-state index < -0.39 is 0 Å². The predicted octanol–water partition coefficient (Wildman–Crippen LogP) is 2.58. The average Bonchev–Trinajstić information content (AvgIpc) is 2.92. The van der Waals surface area contributed by atoms with Crippen molar-refractivity contribution >= 4 is 23.4 Å². The Kier molecular flexibility index (Phi) is 6.54. The number of carbonyl (C=O) groups excluding carboxylic acids is 1. The molecule has 1 aromatic carbocycles. The molecule has 4 nitrogen and oxygen atoms in total. The molecule has 0 spiro atoms. The minimum Gasteiger partial charge on any atom is -0.396 e. The van der Waals surface area contributed by atoms with Gasteiger partial charge in [-0.1, -0.05) is 6.07 Å². The van der Waals surface area contributed by atoms with Crippen molar-refractivity contribution in [2.75, 3.05) is 31.3 Å². The average molecular weight is 308 g/mol. The Morgan fingerprint density at radius 3 is 3.14 bits per heavy atom. The maximum absolute atomic E-state index is 12.2. The molecule has 116 valence electrons. The lowest BCUT2D eigenvalue weighted by Crippen LogP contribution is -2.36. The van der Waals surface area contributed by atoms with Gasteiger partial charge in [-0.15, -0.1) is 11.8 Å². The van der Waals surface area contributed by atoms with Crippen molar-refractivity contribution in [3.8, 4) is 0 Å². The Balaban J connectivity index is 1.85. The smallest absolute Gasteiger partial charge is 0.238 e. The molecular formula is C16H24N2O2S. The Hall–Kier alpha value is -1.04. The summed E-state index contributed by atoms with van der Waals surface area (Å²) in [7, 11) is 0. The number of anilines is 1. The molecule has 0 aromatic heterocycles. The molecule has 1 saturated heterocycles. The first-order chi connectivity index (χ1) is 10.2. The Labute approximate surface area is 130 Å². The van der Waals surface area contributed by atoms with Crippen molar-refractivity contribution < 1.29 is 9.90 Å². The Morgan fingerprint density at radius 2 is 2.38 bits per heavy atom. The molecule has 1 atom stereocenters. The number of hydrogen-bond acceptors (Lipinski definition) is 4. The lowest BCUT2D eigenvalue weighted by molar-refractivity contribution is -0.117. The molecule has 1 unspecified atom stereocenters. The van der Waals surface area contributed by atoms with E-state index in [0.717, 1.165) is 42.8 Å². The third kappa shape index (κ3) is 5.02. The molecule has 0 bridgehead atoms. The van der Waals surface area contributed by atoms with Crippen LogP contribution in [0.1, 0.15) is 25.7 Å². The van der Waals surface area contributed by atoms with Crippen molar-refractivity contribution in [3.63, 3.8) is 0 Å². The topological polar surface area (TPSA) is 52.6 Å². The van der Waals surface area contributed by atoms with Crippen LogP contribution in [0.2, 0.25) is 0 Å². The summed E-state index contributed by atoms with van der Waals surface area (Å²) in [5.74, 6) is 0.0455. The largest absolute Gasteiger partial charge is 0.396 e. The van der Waals surface area contributed by atoms with Gasteiger partial charge in [-0.25, -0.2) is 0 Å². The lowest BCUT2D eigenvalue weighted by atomic mass is 10.1. The minimum atomic E-state index is 0.0455. The van der Waals surface area contributed by atoms with E-state index in [2.05, 4.69) is 10.2 Å². The minimum absolute atomic E-state index is 0.0455. The number of amides is 1. The van der Waals surface area contributed by atoms with Crippen LogP contribution in [0.4, 0.5) is 5.69 Å². The van der Waals surface area contributed by atoms with Crippen LogP contribution in [0.15, 0.2) is 29.2 Å². The fraction of sp³-hybridized carbons (Fsp3) is 0.562. The standard InChI is InChI=1S/C16H24N2O2S/c1-21-15-8-2-5-13(11-15)17-16(20)12-18-9-3-6-14(18)7-4-10-19/h2,5,8,11,14,19H,3-4,6-7,9-10,12H2,1H3,(H,17,20). The van der Waals surface area contributed by atoms with Gasteiger partial charge in [0.05, 0.1) is 6.54 Å². The fourth-order valence-corrected chi connectivity index (χ4v) is 3.30. The zero-order valence-electron chi connectivity index (χ0n) is 12.5. The fourth-order valence-electron chi connectivity index (χ4n) is 2.84. The summed E-state index contributed by atoms with van der Waals surface area (Å²) in [5.41, 5.74) is 0.859. The van der Waals surface area contributed by atoms with Gasteiger partial charge in [0.1, 0.15) is 0 Å². The molecule has 1 aromatic rings. The molecule has 2 N–H and O–H groups in total. The quantitative estimate of drug-likeness (QED) is 0.760. The summed E-state index contributed by atoms with van der Waals surface area (Å²) < 4.78 is 0. The van der Waals surface area contributed by atoms with E-state index in [4.69, 9.17) is 5.11 Å². The van der Waals surface area contributed by atoms with Gasteiger partial charge in [-0.05, 0) is 56.7 Å². The van der Waals surface area contributed by atoms with Gasteiger partial charge in [0.15, 0.2) is 0 Å². The Morgan fingerprint density at radius 1 is 1.52 bits per heavy atom. The predicted molar refractivity (Wildman–Crippen MR) is 87.8 cm³/mol. The van der Waals surface area contributed by atoms with Gasteiger partial charge in [-0.3, -0.25) is 9.69 Å². The van der Waals surface area contributed by atoms with E-state index in [1.807, 2.05) is 30.5 Å². The highest BCUT2D eigenvalue weighted by atomic mass is 32.2. The number of aliphatic hydroxyl groups excluding tert-OH is 1. The van der Waals surface area contributed by atoms with E-state index >= 15 is 0 Å². The number of likely N-dealkylation sites (tertiary alicyclic amines) is 1. The highest BCUT2D eigenvalue weighted by Gasteiger charge is 2.25. The van der Waals surface area contributed by atoms with Gasteiger partial charge in [0, 0.05) is 23.2 Å². The van der Waals surface area contributed by atoms with Crippen LogP contribution < -0.4 is 5.32 Å². The van der Waals surface area contributed by atoms with Gasteiger partial charge in [-0.2, -0.15) is 0 Å². The van der Waals surface area contributed by atoms with Crippen LogP contribution in [-0.4, -0.2) is 47.9 Å². The van der Waals surface area contributed by atoms with Gasteiger partial charge >= 0.3 is 0 Å². The first-order valence-electron chi connectivity index (χ1n) is 7.51. The monoisotopic (exact) mass is 308 g/mol. The second kappa shape index (κ2) is 8.41. The van der Waals surface area contributed by atoms with E-state index in [-0.39, 0.29) is 12.5 Å². The van der Waals surface area contributed by atoms with Crippen LogP contribution in [0.5, 0.6) is 0 Å². The van der Waals surface area contributed by atoms with Crippen LogP contribution in [-0.2, 0) is 4.79 Å². The highest BCUT2D eigenvalue weighted by Crippen LogP contribution is 2.22. The number of thioether (sulfide) groups is 1. The SMILES string of the molecule is CSc1cccc(NC(=O)CN2CCCC2CCCO)c1. The zero-order chi connectivity index (χ0) is 15.1. The van der Waals surface area contributed by atoms with Crippen LogP contribution in [0.3, 0.4) is 0 Å². The molecule has 21 heavy (non-hydrogen) atoms. The zero-order valence-corrected chi connectivity index (χ0v) is 13.4. The second-order valence-electron chi connectivity index (χ2n) is 5.41. The van der Waals surface area contributed by atoms with E-state index in [9.17, 15) is 4.79 Å². The normalized spacial score (nSPS) is 18.9. The number of carbonyl (C=O) groups is 1. The van der Waals surface area contributed by atoms with Gasteiger partial charge in [0.25, 0.3) is 0 Å². The van der Waals surface area contributed by atoms with Crippen molar-refractivity contribution in [1.82, 2.24) is 4.90 Å². The van der Waals surface area contributed by atoms with E-state index in [0.29, 0.717) is 12.6 Å². The molecule has 5 heteroatoms. The van der Waals surface area contributed by atoms with Crippen molar-refractivity contribution in [3.05, 3.63) is 24.3 Å². The first-order valence-corrected chi connectivity index (χ1v) is 8.74. The van der Waals surface area contributed by atoms with Crippen LogP contribution in [0.25, 0.3) is 0 Å². The molecule has 0 saturated carbocycles. The number of nitrogens with one attached hydrogen (secondary N) is 1. The highest BCUT2D eigenvalue weighted by molar-refractivity contribution is 7.98. The summed E-state index contributed by atoms with van der Waals surface area (Å²) in [6.45, 7) is 1.66. The molecule has 1 aliphatic rings. The number of nitrogens with zero attached hydrogens (tertiary/aromatic N) is 1. The molecule has 2 rings (SSSR count). The Bertz CT molecular complexity index is 467. The van der Waals surface area contributed by atoms with E-state index in [1.54, 1.807) is 11.8 Å². The van der Waals surface area contributed by atoms with Gasteiger partial charge in [0.2, 0.25) is 5.91 Å².